The van der Waals surface area contributed by atoms with Gasteiger partial charge in [-0.3, -0.25) is 4.79 Å². The van der Waals surface area contributed by atoms with Gasteiger partial charge < -0.3 is 15.7 Å². The standard InChI is InChI=1S/C11H18N4O2/c1-3-4-5-12-9-6-10(13-7-11(16)17)15-8(2)14-9/h6H,3-5,7H2,1-2H3,(H,16,17)(H2,12,13,14,15). The Hall–Kier alpha value is -1.85. The predicted octanol–water partition coefficient (Wildman–Crippen LogP) is 1.49. The predicted molar refractivity (Wildman–Crippen MR) is 66.3 cm³/mol. The Morgan fingerprint density at radius 3 is 2.59 bits per heavy atom. The van der Waals surface area contributed by atoms with Gasteiger partial charge in [-0.15, -0.1) is 0 Å². The van der Waals surface area contributed by atoms with Crippen LogP contribution in [0.5, 0.6) is 0 Å². The van der Waals surface area contributed by atoms with Gasteiger partial charge in [-0.05, 0) is 13.3 Å². The Morgan fingerprint density at radius 1 is 1.35 bits per heavy atom. The maximum atomic E-state index is 10.4. The van der Waals surface area contributed by atoms with Crippen LogP contribution < -0.4 is 10.6 Å². The van der Waals surface area contributed by atoms with Crippen molar-refractivity contribution >= 4 is 17.6 Å². The third kappa shape index (κ3) is 5.14. The average Bonchev–Trinajstić information content (AvgIpc) is 2.26. The number of rotatable bonds is 7. The lowest BCUT2D eigenvalue weighted by Crippen LogP contribution is -2.14. The zero-order valence-electron chi connectivity index (χ0n) is 10.2. The minimum absolute atomic E-state index is 0.148. The summed E-state index contributed by atoms with van der Waals surface area (Å²) in [5, 5.41) is 14.5. The summed E-state index contributed by atoms with van der Waals surface area (Å²) in [7, 11) is 0. The van der Waals surface area contributed by atoms with Crippen LogP contribution >= 0.6 is 0 Å². The van der Waals surface area contributed by atoms with Crippen molar-refractivity contribution in [2.24, 2.45) is 0 Å². The van der Waals surface area contributed by atoms with Gasteiger partial charge in [-0.25, -0.2) is 9.97 Å². The molecule has 0 aliphatic carbocycles. The zero-order chi connectivity index (χ0) is 12.7. The summed E-state index contributed by atoms with van der Waals surface area (Å²) in [6.45, 7) is 4.60. The first-order chi connectivity index (χ1) is 8.11. The second-order valence-electron chi connectivity index (χ2n) is 3.71. The molecule has 0 unspecified atom stereocenters. The van der Waals surface area contributed by atoms with Crippen molar-refractivity contribution in [2.75, 3.05) is 23.7 Å². The Bertz CT molecular complexity index is 382. The topological polar surface area (TPSA) is 87.1 Å². The van der Waals surface area contributed by atoms with Crippen molar-refractivity contribution < 1.29 is 9.90 Å². The molecule has 6 nitrogen and oxygen atoms in total. The maximum Gasteiger partial charge on any atom is 0.322 e. The number of unbranched alkanes of at least 4 members (excludes halogenated alkanes) is 1. The molecule has 0 spiro atoms. The fourth-order valence-electron chi connectivity index (χ4n) is 1.31. The highest BCUT2D eigenvalue weighted by Crippen LogP contribution is 2.10. The van der Waals surface area contributed by atoms with Crippen LogP contribution in [0.1, 0.15) is 25.6 Å². The number of aromatic nitrogens is 2. The number of aryl methyl sites for hydroxylation is 1. The molecule has 1 rings (SSSR count). The number of anilines is 2. The summed E-state index contributed by atoms with van der Waals surface area (Å²) in [5.41, 5.74) is 0. The monoisotopic (exact) mass is 238 g/mol. The van der Waals surface area contributed by atoms with E-state index in [2.05, 4.69) is 27.5 Å². The summed E-state index contributed by atoms with van der Waals surface area (Å²) in [4.78, 5) is 18.8. The molecule has 0 saturated heterocycles. The van der Waals surface area contributed by atoms with Gasteiger partial charge >= 0.3 is 5.97 Å². The SMILES string of the molecule is CCCCNc1cc(NCC(=O)O)nc(C)n1. The highest BCUT2D eigenvalue weighted by atomic mass is 16.4. The van der Waals surface area contributed by atoms with Crippen LogP contribution in [0.2, 0.25) is 0 Å². The minimum atomic E-state index is -0.915. The Kier molecular flexibility index (Phi) is 5.19. The van der Waals surface area contributed by atoms with Crippen molar-refractivity contribution in [2.45, 2.75) is 26.7 Å². The Balaban J connectivity index is 2.62. The Labute approximate surface area is 100 Å². The Morgan fingerprint density at radius 2 is 2.00 bits per heavy atom. The third-order valence-electron chi connectivity index (χ3n) is 2.10. The van der Waals surface area contributed by atoms with Crippen LogP contribution in [-0.4, -0.2) is 34.1 Å². The van der Waals surface area contributed by atoms with E-state index >= 15 is 0 Å². The van der Waals surface area contributed by atoms with Gasteiger partial charge in [0, 0.05) is 12.6 Å². The number of carboxylic acid groups (broad SMARTS) is 1. The number of hydrogen-bond donors (Lipinski definition) is 3. The second kappa shape index (κ2) is 6.67. The normalized spacial score (nSPS) is 10.0. The number of hydrogen-bond acceptors (Lipinski definition) is 5. The van der Waals surface area contributed by atoms with Gasteiger partial charge in [0.15, 0.2) is 0 Å². The van der Waals surface area contributed by atoms with Crippen molar-refractivity contribution in [1.82, 2.24) is 9.97 Å². The zero-order valence-corrected chi connectivity index (χ0v) is 10.2. The lowest BCUT2D eigenvalue weighted by molar-refractivity contribution is -0.134. The molecule has 0 aliphatic heterocycles. The molecule has 1 heterocycles. The first-order valence-electron chi connectivity index (χ1n) is 5.67. The molecular weight excluding hydrogens is 220 g/mol. The fraction of sp³-hybridized carbons (Fsp3) is 0.545. The van der Waals surface area contributed by atoms with E-state index in [1.54, 1.807) is 13.0 Å². The summed E-state index contributed by atoms with van der Waals surface area (Å²) >= 11 is 0. The van der Waals surface area contributed by atoms with E-state index in [1.165, 1.54) is 0 Å². The van der Waals surface area contributed by atoms with E-state index in [1.807, 2.05) is 0 Å². The van der Waals surface area contributed by atoms with Crippen LogP contribution in [0, 0.1) is 6.92 Å². The van der Waals surface area contributed by atoms with Crippen molar-refractivity contribution in [3.8, 4) is 0 Å². The molecule has 6 heteroatoms. The molecule has 17 heavy (non-hydrogen) atoms. The van der Waals surface area contributed by atoms with E-state index in [-0.39, 0.29) is 6.54 Å². The second-order valence-corrected chi connectivity index (χ2v) is 3.71. The molecular formula is C11H18N4O2. The van der Waals surface area contributed by atoms with Crippen molar-refractivity contribution in [3.05, 3.63) is 11.9 Å². The lowest BCUT2D eigenvalue weighted by atomic mass is 10.3. The summed E-state index contributed by atoms with van der Waals surface area (Å²) in [6.07, 6.45) is 2.18. The third-order valence-corrected chi connectivity index (χ3v) is 2.10. The molecule has 0 bridgehead atoms. The molecule has 1 aromatic heterocycles. The number of nitrogens with zero attached hydrogens (tertiary/aromatic N) is 2. The summed E-state index contributed by atoms with van der Waals surface area (Å²) in [6, 6.07) is 1.71. The number of nitrogens with one attached hydrogen (secondary N) is 2. The first-order valence-corrected chi connectivity index (χ1v) is 5.67. The van der Waals surface area contributed by atoms with Gasteiger partial charge in [0.05, 0.1) is 0 Å². The van der Waals surface area contributed by atoms with Crippen LogP contribution in [0.15, 0.2) is 6.07 Å². The van der Waals surface area contributed by atoms with E-state index in [9.17, 15) is 4.79 Å². The molecule has 0 saturated carbocycles. The van der Waals surface area contributed by atoms with Crippen molar-refractivity contribution in [1.29, 1.82) is 0 Å². The van der Waals surface area contributed by atoms with E-state index in [0.717, 1.165) is 25.2 Å². The van der Waals surface area contributed by atoms with Crippen LogP contribution in [0.25, 0.3) is 0 Å². The number of aliphatic carboxylic acids is 1. The van der Waals surface area contributed by atoms with Gasteiger partial charge in [-0.1, -0.05) is 13.3 Å². The largest absolute Gasteiger partial charge is 0.480 e. The van der Waals surface area contributed by atoms with Gasteiger partial charge in [0.2, 0.25) is 0 Å². The number of carboxylic acids is 1. The molecule has 94 valence electrons. The van der Waals surface area contributed by atoms with Crippen molar-refractivity contribution in [3.63, 3.8) is 0 Å². The minimum Gasteiger partial charge on any atom is -0.480 e. The molecule has 1 aromatic rings. The lowest BCUT2D eigenvalue weighted by Gasteiger charge is -2.08. The fourth-order valence-corrected chi connectivity index (χ4v) is 1.31. The first kappa shape index (κ1) is 13.2. The highest BCUT2D eigenvalue weighted by molar-refractivity contribution is 5.72. The maximum absolute atomic E-state index is 10.4. The summed E-state index contributed by atoms with van der Waals surface area (Å²) < 4.78 is 0. The van der Waals surface area contributed by atoms with Gasteiger partial charge in [0.25, 0.3) is 0 Å². The van der Waals surface area contributed by atoms with E-state index < -0.39 is 5.97 Å². The van der Waals surface area contributed by atoms with Crippen LogP contribution in [0.4, 0.5) is 11.6 Å². The molecule has 0 fully saturated rings. The van der Waals surface area contributed by atoms with E-state index in [0.29, 0.717) is 11.6 Å². The average molecular weight is 238 g/mol. The quantitative estimate of drug-likeness (QED) is 0.624. The number of carbonyl (C=O) groups is 1. The molecule has 3 N–H and O–H groups in total. The molecule has 0 aromatic carbocycles. The van der Waals surface area contributed by atoms with Crippen LogP contribution in [-0.2, 0) is 4.79 Å². The van der Waals surface area contributed by atoms with Gasteiger partial charge in [0.1, 0.15) is 24.0 Å². The molecule has 0 radical (unpaired) electrons. The van der Waals surface area contributed by atoms with Crippen LogP contribution in [0.3, 0.4) is 0 Å². The van der Waals surface area contributed by atoms with E-state index in [4.69, 9.17) is 5.11 Å². The molecule has 0 aliphatic rings. The smallest absolute Gasteiger partial charge is 0.322 e. The highest BCUT2D eigenvalue weighted by Gasteiger charge is 2.02. The summed E-state index contributed by atoms with van der Waals surface area (Å²) in [5.74, 6) is 0.943. The molecule has 0 amide bonds. The van der Waals surface area contributed by atoms with Gasteiger partial charge in [-0.2, -0.15) is 0 Å². The molecule has 0 atom stereocenters.